The van der Waals surface area contributed by atoms with Crippen LogP contribution in [-0.4, -0.2) is 56.1 Å². The van der Waals surface area contributed by atoms with E-state index in [0.29, 0.717) is 0 Å². The Kier molecular flexibility index (Phi) is 5.65. The Morgan fingerprint density at radius 3 is 2.83 bits per heavy atom. The standard InChI is InChI=1S/C15H25N3/c1-17(14-15-6-3-2-4-7-15)12-13-18-10-5-8-16-9-11-18/h2-4,6-7,16H,5,8-14H2,1H3. The van der Waals surface area contributed by atoms with Crippen LogP contribution >= 0.6 is 0 Å². The van der Waals surface area contributed by atoms with E-state index in [1.165, 1.54) is 38.2 Å². The summed E-state index contributed by atoms with van der Waals surface area (Å²) in [7, 11) is 2.21. The van der Waals surface area contributed by atoms with E-state index in [0.717, 1.165) is 19.6 Å². The highest BCUT2D eigenvalue weighted by molar-refractivity contribution is 5.14. The first-order chi connectivity index (χ1) is 8.84. The number of hydrogen-bond donors (Lipinski definition) is 1. The number of nitrogens with one attached hydrogen (secondary N) is 1. The molecule has 2 rings (SSSR count). The summed E-state index contributed by atoms with van der Waals surface area (Å²) in [6.45, 7) is 8.14. The van der Waals surface area contributed by atoms with Crippen LogP contribution in [0.1, 0.15) is 12.0 Å². The fraction of sp³-hybridized carbons (Fsp3) is 0.600. The molecule has 0 aromatic heterocycles. The molecule has 0 amide bonds. The van der Waals surface area contributed by atoms with Gasteiger partial charge in [-0.05, 0) is 32.1 Å². The fourth-order valence-electron chi connectivity index (χ4n) is 2.41. The van der Waals surface area contributed by atoms with Crippen molar-refractivity contribution in [2.45, 2.75) is 13.0 Å². The van der Waals surface area contributed by atoms with Crippen molar-refractivity contribution in [2.75, 3.05) is 46.3 Å². The van der Waals surface area contributed by atoms with Crippen LogP contribution in [0.15, 0.2) is 30.3 Å². The molecular weight excluding hydrogens is 222 g/mol. The lowest BCUT2D eigenvalue weighted by atomic mass is 10.2. The minimum atomic E-state index is 1.05. The van der Waals surface area contributed by atoms with Gasteiger partial charge in [0.05, 0.1) is 0 Å². The molecule has 1 N–H and O–H groups in total. The van der Waals surface area contributed by atoms with Gasteiger partial charge in [-0.1, -0.05) is 30.3 Å². The highest BCUT2D eigenvalue weighted by atomic mass is 15.2. The molecule has 0 spiro atoms. The van der Waals surface area contributed by atoms with Gasteiger partial charge in [0.25, 0.3) is 0 Å². The molecule has 1 aromatic rings. The highest BCUT2D eigenvalue weighted by Gasteiger charge is 2.09. The van der Waals surface area contributed by atoms with Crippen LogP contribution in [0.2, 0.25) is 0 Å². The van der Waals surface area contributed by atoms with E-state index >= 15 is 0 Å². The summed E-state index contributed by atoms with van der Waals surface area (Å²) in [5.74, 6) is 0. The second-order valence-electron chi connectivity index (χ2n) is 5.17. The van der Waals surface area contributed by atoms with Crippen molar-refractivity contribution in [2.24, 2.45) is 0 Å². The summed E-state index contributed by atoms with van der Waals surface area (Å²) in [4.78, 5) is 4.98. The van der Waals surface area contributed by atoms with Gasteiger partial charge in [0, 0.05) is 32.7 Å². The molecule has 1 fully saturated rings. The van der Waals surface area contributed by atoms with Crippen LogP contribution in [0, 0.1) is 0 Å². The number of benzene rings is 1. The predicted molar refractivity (Wildman–Crippen MR) is 76.7 cm³/mol. The first kappa shape index (κ1) is 13.5. The molecule has 3 nitrogen and oxygen atoms in total. The van der Waals surface area contributed by atoms with Crippen molar-refractivity contribution in [3.05, 3.63) is 35.9 Å². The molecule has 100 valence electrons. The molecule has 0 bridgehead atoms. The largest absolute Gasteiger partial charge is 0.315 e. The molecule has 0 unspecified atom stereocenters. The fourth-order valence-corrected chi connectivity index (χ4v) is 2.41. The summed E-state index contributed by atoms with van der Waals surface area (Å²) in [5, 5.41) is 3.45. The van der Waals surface area contributed by atoms with Crippen LogP contribution in [-0.2, 0) is 6.54 Å². The molecule has 1 saturated heterocycles. The first-order valence-electron chi connectivity index (χ1n) is 7.00. The average Bonchev–Trinajstić information content (AvgIpc) is 2.66. The monoisotopic (exact) mass is 247 g/mol. The van der Waals surface area contributed by atoms with E-state index < -0.39 is 0 Å². The second-order valence-corrected chi connectivity index (χ2v) is 5.17. The van der Waals surface area contributed by atoms with E-state index in [1.807, 2.05) is 0 Å². The minimum Gasteiger partial charge on any atom is -0.315 e. The third kappa shape index (κ3) is 4.77. The zero-order valence-corrected chi connectivity index (χ0v) is 11.4. The molecule has 1 aliphatic heterocycles. The molecule has 3 heteroatoms. The maximum Gasteiger partial charge on any atom is 0.0231 e. The molecule has 1 aliphatic rings. The number of rotatable bonds is 5. The Labute approximate surface area is 111 Å². The lowest BCUT2D eigenvalue weighted by molar-refractivity contribution is 0.231. The quantitative estimate of drug-likeness (QED) is 0.849. The van der Waals surface area contributed by atoms with Gasteiger partial charge in [-0.3, -0.25) is 0 Å². The van der Waals surface area contributed by atoms with Crippen LogP contribution in [0.25, 0.3) is 0 Å². The van der Waals surface area contributed by atoms with Gasteiger partial charge < -0.3 is 15.1 Å². The average molecular weight is 247 g/mol. The van der Waals surface area contributed by atoms with Crippen LogP contribution in [0.3, 0.4) is 0 Å². The van der Waals surface area contributed by atoms with Gasteiger partial charge in [-0.25, -0.2) is 0 Å². The lowest BCUT2D eigenvalue weighted by Crippen LogP contribution is -2.35. The van der Waals surface area contributed by atoms with Crippen LogP contribution < -0.4 is 5.32 Å². The first-order valence-corrected chi connectivity index (χ1v) is 7.00. The van der Waals surface area contributed by atoms with Gasteiger partial charge in [0.15, 0.2) is 0 Å². The molecule has 0 atom stereocenters. The molecule has 1 heterocycles. The van der Waals surface area contributed by atoms with Gasteiger partial charge in [-0.15, -0.1) is 0 Å². The third-order valence-electron chi connectivity index (χ3n) is 3.53. The topological polar surface area (TPSA) is 18.5 Å². The predicted octanol–water partition coefficient (Wildman–Crippen LogP) is 1.41. The molecule has 0 radical (unpaired) electrons. The number of hydrogen-bond acceptors (Lipinski definition) is 3. The molecule has 18 heavy (non-hydrogen) atoms. The van der Waals surface area contributed by atoms with Crippen LogP contribution in [0.5, 0.6) is 0 Å². The van der Waals surface area contributed by atoms with Crippen molar-refractivity contribution >= 4 is 0 Å². The summed E-state index contributed by atoms with van der Waals surface area (Å²) in [5.41, 5.74) is 1.40. The Bertz CT molecular complexity index is 318. The molecular formula is C15H25N3. The summed E-state index contributed by atoms with van der Waals surface area (Å²) in [6, 6.07) is 10.7. The van der Waals surface area contributed by atoms with Crippen molar-refractivity contribution in [3.8, 4) is 0 Å². The number of likely N-dealkylation sites (N-methyl/N-ethyl adjacent to an activating group) is 1. The lowest BCUT2D eigenvalue weighted by Gasteiger charge is -2.23. The van der Waals surface area contributed by atoms with Crippen LogP contribution in [0.4, 0.5) is 0 Å². The Balaban J connectivity index is 1.69. The normalized spacial score (nSPS) is 17.9. The zero-order chi connectivity index (χ0) is 12.6. The molecule has 0 aliphatic carbocycles. The Morgan fingerprint density at radius 1 is 1.17 bits per heavy atom. The van der Waals surface area contributed by atoms with E-state index in [-0.39, 0.29) is 0 Å². The van der Waals surface area contributed by atoms with Crippen molar-refractivity contribution < 1.29 is 0 Å². The second kappa shape index (κ2) is 7.52. The van der Waals surface area contributed by atoms with Crippen molar-refractivity contribution in [3.63, 3.8) is 0 Å². The third-order valence-corrected chi connectivity index (χ3v) is 3.53. The van der Waals surface area contributed by atoms with Crippen molar-refractivity contribution in [1.29, 1.82) is 0 Å². The maximum absolute atomic E-state index is 3.45. The Hall–Kier alpha value is -0.900. The van der Waals surface area contributed by atoms with E-state index in [1.54, 1.807) is 0 Å². The SMILES string of the molecule is CN(CCN1CCCNCC1)Cc1ccccc1. The van der Waals surface area contributed by atoms with E-state index in [4.69, 9.17) is 0 Å². The minimum absolute atomic E-state index is 1.05. The summed E-state index contributed by atoms with van der Waals surface area (Å²) >= 11 is 0. The van der Waals surface area contributed by atoms with Gasteiger partial charge in [-0.2, -0.15) is 0 Å². The highest BCUT2D eigenvalue weighted by Crippen LogP contribution is 2.03. The zero-order valence-electron chi connectivity index (χ0n) is 11.4. The molecule has 0 saturated carbocycles. The smallest absolute Gasteiger partial charge is 0.0231 e. The van der Waals surface area contributed by atoms with Gasteiger partial charge >= 0.3 is 0 Å². The van der Waals surface area contributed by atoms with Crippen molar-refractivity contribution in [1.82, 2.24) is 15.1 Å². The summed E-state index contributed by atoms with van der Waals surface area (Å²) < 4.78 is 0. The number of nitrogens with zero attached hydrogens (tertiary/aromatic N) is 2. The van der Waals surface area contributed by atoms with E-state index in [9.17, 15) is 0 Å². The Morgan fingerprint density at radius 2 is 2.00 bits per heavy atom. The maximum atomic E-state index is 3.45. The van der Waals surface area contributed by atoms with Gasteiger partial charge in [0.1, 0.15) is 0 Å². The summed E-state index contributed by atoms with van der Waals surface area (Å²) in [6.07, 6.45) is 1.28. The molecule has 1 aromatic carbocycles. The van der Waals surface area contributed by atoms with Gasteiger partial charge in [0.2, 0.25) is 0 Å². The van der Waals surface area contributed by atoms with E-state index in [2.05, 4.69) is 52.5 Å².